The Morgan fingerprint density at radius 2 is 1.83 bits per heavy atom. The number of anilines is 1. The SMILES string of the molecule is COc1ccc(Br)c(CN2CCN(C(C(=O)C3CCCCC3)C3CCc4ccccc4N3)CC2)c1. The number of ketones is 1. The second kappa shape index (κ2) is 11.4. The van der Waals surface area contributed by atoms with Gasteiger partial charge in [-0.2, -0.15) is 0 Å². The van der Waals surface area contributed by atoms with E-state index in [2.05, 4.69) is 67.4 Å². The van der Waals surface area contributed by atoms with Crippen molar-refractivity contribution in [3.8, 4) is 5.75 Å². The Bertz CT molecular complexity index is 1010. The zero-order valence-electron chi connectivity index (χ0n) is 20.8. The standard InChI is InChI=1S/C29H38BrN3O2/c1-35-24-12-13-25(30)23(19-24)20-32-15-17-33(18-16-32)28(29(34)22-8-3-2-4-9-22)27-14-11-21-7-5-6-10-26(21)31-27/h5-7,10,12-13,19,22,27-28,31H,2-4,8-9,11,14-18,20H2,1H3. The van der Waals surface area contributed by atoms with Gasteiger partial charge in [0.05, 0.1) is 13.2 Å². The summed E-state index contributed by atoms with van der Waals surface area (Å²) in [5, 5.41) is 3.79. The van der Waals surface area contributed by atoms with Crippen LogP contribution in [0.3, 0.4) is 0 Å². The lowest BCUT2D eigenvalue weighted by molar-refractivity contribution is -0.130. The lowest BCUT2D eigenvalue weighted by Gasteiger charge is -2.44. The number of halogens is 1. The normalized spacial score (nSPS) is 22.7. The third-order valence-corrected chi connectivity index (χ3v) is 8.98. The van der Waals surface area contributed by atoms with E-state index in [1.165, 1.54) is 36.1 Å². The summed E-state index contributed by atoms with van der Waals surface area (Å²) in [5.41, 5.74) is 3.84. The van der Waals surface area contributed by atoms with Crippen LogP contribution in [-0.2, 0) is 17.8 Å². The minimum atomic E-state index is -0.0304. The maximum Gasteiger partial charge on any atom is 0.155 e. The highest BCUT2D eigenvalue weighted by Gasteiger charge is 2.40. The second-order valence-corrected chi connectivity index (χ2v) is 11.3. The molecular formula is C29H38BrN3O2. The predicted molar refractivity (Wildman–Crippen MR) is 145 cm³/mol. The number of hydrogen-bond donors (Lipinski definition) is 1. The van der Waals surface area contributed by atoms with Crippen molar-refractivity contribution in [3.63, 3.8) is 0 Å². The molecule has 1 aliphatic carbocycles. The molecule has 0 radical (unpaired) electrons. The number of methoxy groups -OCH3 is 1. The summed E-state index contributed by atoms with van der Waals surface area (Å²) >= 11 is 3.70. The first-order valence-electron chi connectivity index (χ1n) is 13.3. The minimum absolute atomic E-state index is 0.0304. The first-order chi connectivity index (χ1) is 17.1. The molecule has 1 N–H and O–H groups in total. The van der Waals surface area contributed by atoms with Crippen LogP contribution in [0.2, 0.25) is 0 Å². The smallest absolute Gasteiger partial charge is 0.155 e. The van der Waals surface area contributed by atoms with Crippen molar-refractivity contribution in [2.75, 3.05) is 38.6 Å². The van der Waals surface area contributed by atoms with Crippen molar-refractivity contribution < 1.29 is 9.53 Å². The fraction of sp³-hybridized carbons (Fsp3) is 0.552. The van der Waals surface area contributed by atoms with Gasteiger partial charge in [0.1, 0.15) is 5.75 Å². The van der Waals surface area contributed by atoms with Crippen molar-refractivity contribution in [2.45, 2.75) is 63.6 Å². The largest absolute Gasteiger partial charge is 0.497 e. The van der Waals surface area contributed by atoms with E-state index in [0.29, 0.717) is 5.78 Å². The molecule has 5 rings (SSSR count). The molecule has 2 unspecified atom stereocenters. The maximum atomic E-state index is 14.0. The Balaban J connectivity index is 1.29. The summed E-state index contributed by atoms with van der Waals surface area (Å²) in [6.07, 6.45) is 7.90. The Morgan fingerprint density at radius 3 is 2.60 bits per heavy atom. The fourth-order valence-electron chi connectivity index (χ4n) is 6.20. The van der Waals surface area contributed by atoms with Gasteiger partial charge in [-0.15, -0.1) is 0 Å². The number of Topliss-reactive ketones (excluding diaryl/α,β-unsaturated/α-hetero) is 1. The quantitative estimate of drug-likeness (QED) is 0.501. The van der Waals surface area contributed by atoms with E-state index in [0.717, 1.165) is 68.6 Å². The maximum absolute atomic E-state index is 14.0. The molecule has 0 amide bonds. The molecule has 6 heteroatoms. The number of nitrogens with zero attached hydrogens (tertiary/aromatic N) is 2. The average molecular weight is 541 g/mol. The lowest BCUT2D eigenvalue weighted by atomic mass is 9.80. The van der Waals surface area contributed by atoms with Crippen molar-refractivity contribution in [3.05, 3.63) is 58.1 Å². The first-order valence-corrected chi connectivity index (χ1v) is 14.1. The molecule has 3 aliphatic rings. The van der Waals surface area contributed by atoms with Crippen molar-refractivity contribution in [1.29, 1.82) is 0 Å². The fourth-order valence-corrected chi connectivity index (χ4v) is 6.57. The first kappa shape index (κ1) is 24.8. The zero-order valence-corrected chi connectivity index (χ0v) is 22.4. The highest BCUT2D eigenvalue weighted by molar-refractivity contribution is 9.10. The highest BCUT2D eigenvalue weighted by Crippen LogP contribution is 2.32. The molecule has 1 saturated heterocycles. The van der Waals surface area contributed by atoms with Gasteiger partial charge >= 0.3 is 0 Å². The van der Waals surface area contributed by atoms with E-state index >= 15 is 0 Å². The molecule has 0 bridgehead atoms. The molecule has 2 aromatic rings. The summed E-state index contributed by atoms with van der Waals surface area (Å²) in [5.74, 6) is 1.62. The number of carbonyl (C=O) groups is 1. The van der Waals surface area contributed by atoms with E-state index in [9.17, 15) is 4.79 Å². The van der Waals surface area contributed by atoms with Gasteiger partial charge in [0, 0.05) is 54.8 Å². The third kappa shape index (κ3) is 5.76. The van der Waals surface area contributed by atoms with Crippen molar-refractivity contribution in [1.82, 2.24) is 9.80 Å². The van der Waals surface area contributed by atoms with Crippen LogP contribution in [0, 0.1) is 5.92 Å². The Hall–Kier alpha value is -1.89. The number of hydrogen-bond acceptors (Lipinski definition) is 5. The predicted octanol–water partition coefficient (Wildman–Crippen LogP) is 5.52. The van der Waals surface area contributed by atoms with Crippen LogP contribution >= 0.6 is 15.9 Å². The number of benzene rings is 2. The second-order valence-electron chi connectivity index (χ2n) is 10.4. The molecule has 188 valence electrons. The molecular weight excluding hydrogens is 502 g/mol. The summed E-state index contributed by atoms with van der Waals surface area (Å²) < 4.78 is 6.55. The van der Waals surface area contributed by atoms with Gasteiger partial charge in [0.2, 0.25) is 0 Å². The van der Waals surface area contributed by atoms with Gasteiger partial charge in [-0.3, -0.25) is 14.6 Å². The summed E-state index contributed by atoms with van der Waals surface area (Å²) in [6.45, 7) is 4.71. The molecule has 2 atom stereocenters. The molecule has 2 heterocycles. The number of nitrogens with one attached hydrogen (secondary N) is 1. The Labute approximate surface area is 218 Å². The number of para-hydroxylation sites is 1. The Kier molecular flexibility index (Phi) is 8.11. The molecule has 1 saturated carbocycles. The topological polar surface area (TPSA) is 44.8 Å². The molecule has 2 aromatic carbocycles. The van der Waals surface area contributed by atoms with Crippen molar-refractivity contribution in [2.24, 2.45) is 5.92 Å². The monoisotopic (exact) mass is 539 g/mol. The number of aryl methyl sites for hydroxylation is 1. The number of ether oxygens (including phenoxy) is 1. The molecule has 0 aromatic heterocycles. The summed E-state index contributed by atoms with van der Waals surface area (Å²) in [7, 11) is 1.72. The molecule has 5 nitrogen and oxygen atoms in total. The number of rotatable bonds is 7. The lowest BCUT2D eigenvalue weighted by Crippen LogP contribution is -2.59. The van der Waals surface area contributed by atoms with Gasteiger partial charge in [0.25, 0.3) is 0 Å². The summed E-state index contributed by atoms with van der Waals surface area (Å²) in [4.78, 5) is 19.0. The zero-order chi connectivity index (χ0) is 24.2. The van der Waals surface area contributed by atoms with Crippen LogP contribution in [0.25, 0.3) is 0 Å². The van der Waals surface area contributed by atoms with Crippen molar-refractivity contribution >= 4 is 27.4 Å². The van der Waals surface area contributed by atoms with E-state index < -0.39 is 0 Å². The van der Waals surface area contributed by atoms with Crippen LogP contribution < -0.4 is 10.1 Å². The van der Waals surface area contributed by atoms with E-state index in [1.807, 2.05) is 6.07 Å². The molecule has 2 aliphatic heterocycles. The number of fused-ring (bicyclic) bond motifs is 1. The van der Waals surface area contributed by atoms with Gasteiger partial charge in [-0.1, -0.05) is 53.4 Å². The van der Waals surface area contributed by atoms with Gasteiger partial charge in [0.15, 0.2) is 5.78 Å². The molecule has 2 fully saturated rings. The van der Waals surface area contributed by atoms with E-state index in [-0.39, 0.29) is 18.0 Å². The third-order valence-electron chi connectivity index (χ3n) is 8.21. The Morgan fingerprint density at radius 1 is 1.06 bits per heavy atom. The van der Waals surface area contributed by atoms with Gasteiger partial charge in [-0.05, 0) is 61.1 Å². The van der Waals surface area contributed by atoms with Crippen LogP contribution in [-0.4, -0.2) is 61.0 Å². The number of piperazine rings is 1. The average Bonchev–Trinajstić information content (AvgIpc) is 2.91. The summed E-state index contributed by atoms with van der Waals surface area (Å²) in [6, 6.07) is 14.9. The van der Waals surface area contributed by atoms with Crippen LogP contribution in [0.1, 0.15) is 49.7 Å². The van der Waals surface area contributed by atoms with E-state index in [4.69, 9.17) is 4.74 Å². The minimum Gasteiger partial charge on any atom is -0.497 e. The van der Waals surface area contributed by atoms with Crippen LogP contribution in [0.15, 0.2) is 46.9 Å². The van der Waals surface area contributed by atoms with E-state index in [1.54, 1.807) is 7.11 Å². The molecule has 35 heavy (non-hydrogen) atoms. The van der Waals surface area contributed by atoms with Crippen LogP contribution in [0.4, 0.5) is 5.69 Å². The van der Waals surface area contributed by atoms with Gasteiger partial charge < -0.3 is 10.1 Å². The highest BCUT2D eigenvalue weighted by atomic mass is 79.9. The van der Waals surface area contributed by atoms with Crippen LogP contribution in [0.5, 0.6) is 5.75 Å². The number of carbonyl (C=O) groups excluding carboxylic acids is 1. The van der Waals surface area contributed by atoms with Gasteiger partial charge in [-0.25, -0.2) is 0 Å². The molecule has 0 spiro atoms.